The Labute approximate surface area is 125 Å². The molecular formula is C14H26N2O5. The number of hydrogen-bond donors (Lipinski definition) is 2. The van der Waals surface area contributed by atoms with Gasteiger partial charge in [0.25, 0.3) is 0 Å². The summed E-state index contributed by atoms with van der Waals surface area (Å²) in [5.41, 5.74) is -1.78. The first-order chi connectivity index (χ1) is 9.45. The number of carbonyl (C=O) groups is 3. The number of hydrogen-bond acceptors (Lipinski definition) is 5. The van der Waals surface area contributed by atoms with Gasteiger partial charge in [0, 0.05) is 0 Å². The third kappa shape index (κ3) is 6.46. The van der Waals surface area contributed by atoms with Gasteiger partial charge in [-0.25, -0.2) is 9.59 Å². The Balaban J connectivity index is 4.65. The Morgan fingerprint density at radius 3 is 2.05 bits per heavy atom. The summed E-state index contributed by atoms with van der Waals surface area (Å²) in [4.78, 5) is 35.3. The fourth-order valence-electron chi connectivity index (χ4n) is 1.44. The maximum Gasteiger partial charge on any atom is 0.408 e. The second-order valence-electron chi connectivity index (χ2n) is 6.03. The summed E-state index contributed by atoms with van der Waals surface area (Å²) in [5.74, 6) is -1.03. The third-order valence-electron chi connectivity index (χ3n) is 2.87. The molecule has 0 fully saturated rings. The van der Waals surface area contributed by atoms with Gasteiger partial charge in [-0.15, -0.1) is 0 Å². The molecule has 0 aromatic rings. The SMILES string of the molecule is CCC(C)(NC(=O)C(C)NC(=O)OC(C)(C)C)C(=O)OC. The van der Waals surface area contributed by atoms with E-state index in [9.17, 15) is 14.4 Å². The molecule has 0 saturated carbocycles. The van der Waals surface area contributed by atoms with Crippen LogP contribution in [0.4, 0.5) is 4.79 Å². The van der Waals surface area contributed by atoms with E-state index >= 15 is 0 Å². The van der Waals surface area contributed by atoms with E-state index in [1.807, 2.05) is 0 Å². The van der Waals surface area contributed by atoms with Gasteiger partial charge in [0.1, 0.15) is 17.2 Å². The Hall–Kier alpha value is -1.79. The quantitative estimate of drug-likeness (QED) is 0.748. The van der Waals surface area contributed by atoms with Crippen LogP contribution in [-0.4, -0.2) is 42.3 Å². The van der Waals surface area contributed by atoms with Crippen molar-refractivity contribution in [3.63, 3.8) is 0 Å². The van der Waals surface area contributed by atoms with Gasteiger partial charge < -0.3 is 20.1 Å². The van der Waals surface area contributed by atoms with E-state index in [-0.39, 0.29) is 0 Å². The average Bonchev–Trinajstić information content (AvgIpc) is 2.34. The molecule has 0 heterocycles. The summed E-state index contributed by atoms with van der Waals surface area (Å²) in [6.45, 7) is 10.0. The van der Waals surface area contributed by atoms with Crippen LogP contribution in [0.3, 0.4) is 0 Å². The number of esters is 1. The topological polar surface area (TPSA) is 93.7 Å². The Kier molecular flexibility index (Phi) is 6.66. The Morgan fingerprint density at radius 1 is 1.14 bits per heavy atom. The van der Waals surface area contributed by atoms with Crippen molar-refractivity contribution in [2.75, 3.05) is 7.11 Å². The lowest BCUT2D eigenvalue weighted by Gasteiger charge is -2.28. The lowest BCUT2D eigenvalue weighted by molar-refractivity contribution is -0.150. The van der Waals surface area contributed by atoms with Crippen LogP contribution in [0.2, 0.25) is 0 Å². The van der Waals surface area contributed by atoms with E-state index in [4.69, 9.17) is 4.74 Å². The molecule has 0 radical (unpaired) electrons. The number of carbonyl (C=O) groups excluding carboxylic acids is 3. The smallest absolute Gasteiger partial charge is 0.408 e. The molecule has 0 saturated heterocycles. The number of amides is 2. The molecule has 0 aliphatic heterocycles. The average molecular weight is 302 g/mol. The van der Waals surface area contributed by atoms with Gasteiger partial charge >= 0.3 is 12.1 Å². The minimum absolute atomic E-state index is 0.366. The monoisotopic (exact) mass is 302 g/mol. The van der Waals surface area contributed by atoms with Crippen LogP contribution in [0.1, 0.15) is 48.0 Å². The van der Waals surface area contributed by atoms with Crippen LogP contribution < -0.4 is 10.6 Å². The molecule has 122 valence electrons. The molecule has 0 aliphatic rings. The summed E-state index contributed by atoms with van der Waals surface area (Å²) < 4.78 is 9.73. The molecule has 2 amide bonds. The van der Waals surface area contributed by atoms with E-state index in [0.29, 0.717) is 6.42 Å². The van der Waals surface area contributed by atoms with Crippen molar-refractivity contribution >= 4 is 18.0 Å². The van der Waals surface area contributed by atoms with Crippen LogP contribution in [0.25, 0.3) is 0 Å². The number of methoxy groups -OCH3 is 1. The highest BCUT2D eigenvalue weighted by atomic mass is 16.6. The third-order valence-corrected chi connectivity index (χ3v) is 2.87. The fraction of sp³-hybridized carbons (Fsp3) is 0.786. The molecule has 7 heteroatoms. The highest BCUT2D eigenvalue weighted by Crippen LogP contribution is 2.12. The van der Waals surface area contributed by atoms with Crippen molar-refractivity contribution in [3.8, 4) is 0 Å². The molecule has 0 aromatic heterocycles. The molecular weight excluding hydrogens is 276 g/mol. The van der Waals surface area contributed by atoms with Gasteiger partial charge in [0.15, 0.2) is 0 Å². The Morgan fingerprint density at radius 2 is 1.67 bits per heavy atom. The predicted octanol–water partition coefficient (Wildman–Crippen LogP) is 1.36. The number of alkyl carbamates (subject to hydrolysis) is 1. The number of nitrogens with one attached hydrogen (secondary N) is 2. The number of rotatable bonds is 5. The van der Waals surface area contributed by atoms with Crippen molar-refractivity contribution in [1.29, 1.82) is 0 Å². The molecule has 2 unspecified atom stereocenters. The van der Waals surface area contributed by atoms with Crippen molar-refractivity contribution < 1.29 is 23.9 Å². The van der Waals surface area contributed by atoms with Crippen molar-refractivity contribution in [2.45, 2.75) is 65.1 Å². The zero-order valence-corrected chi connectivity index (χ0v) is 13.8. The van der Waals surface area contributed by atoms with Crippen LogP contribution in [0.15, 0.2) is 0 Å². The zero-order chi connectivity index (χ0) is 16.8. The summed E-state index contributed by atoms with van der Waals surface area (Å²) in [6, 6.07) is -0.838. The molecule has 2 N–H and O–H groups in total. The van der Waals surface area contributed by atoms with E-state index < -0.39 is 35.2 Å². The normalized spacial score (nSPS) is 15.4. The van der Waals surface area contributed by atoms with E-state index in [1.54, 1.807) is 34.6 Å². The minimum atomic E-state index is -1.13. The molecule has 0 aromatic carbocycles. The van der Waals surface area contributed by atoms with Gasteiger partial charge in [0.05, 0.1) is 7.11 Å². The molecule has 0 aliphatic carbocycles. The summed E-state index contributed by atoms with van der Waals surface area (Å²) in [5, 5.41) is 4.99. The highest BCUT2D eigenvalue weighted by molar-refractivity contribution is 5.91. The van der Waals surface area contributed by atoms with Gasteiger partial charge in [-0.1, -0.05) is 6.92 Å². The van der Waals surface area contributed by atoms with Crippen LogP contribution >= 0.6 is 0 Å². The first-order valence-corrected chi connectivity index (χ1v) is 6.85. The molecule has 0 bridgehead atoms. The molecule has 21 heavy (non-hydrogen) atoms. The second kappa shape index (κ2) is 7.28. The fourth-order valence-corrected chi connectivity index (χ4v) is 1.44. The summed E-state index contributed by atoms with van der Waals surface area (Å²) >= 11 is 0. The molecule has 7 nitrogen and oxygen atoms in total. The maximum absolute atomic E-state index is 12.0. The standard InChI is InChI=1S/C14H26N2O5/c1-8-14(6,11(18)20-7)16-10(17)9(2)15-12(19)21-13(3,4)5/h9H,8H2,1-7H3,(H,15,19)(H,16,17). The predicted molar refractivity (Wildman–Crippen MR) is 77.7 cm³/mol. The van der Waals surface area contributed by atoms with Crippen LogP contribution in [0.5, 0.6) is 0 Å². The summed E-state index contributed by atoms with van der Waals surface area (Å²) in [7, 11) is 1.25. The van der Waals surface area contributed by atoms with Crippen LogP contribution in [-0.2, 0) is 19.1 Å². The van der Waals surface area contributed by atoms with E-state index in [2.05, 4.69) is 15.4 Å². The van der Waals surface area contributed by atoms with Crippen molar-refractivity contribution in [2.24, 2.45) is 0 Å². The van der Waals surface area contributed by atoms with Crippen LogP contribution in [0, 0.1) is 0 Å². The van der Waals surface area contributed by atoms with E-state index in [1.165, 1.54) is 14.0 Å². The van der Waals surface area contributed by atoms with Crippen molar-refractivity contribution in [3.05, 3.63) is 0 Å². The maximum atomic E-state index is 12.0. The lowest BCUT2D eigenvalue weighted by Crippen LogP contribution is -2.57. The van der Waals surface area contributed by atoms with Gasteiger partial charge in [-0.05, 0) is 41.0 Å². The highest BCUT2D eigenvalue weighted by Gasteiger charge is 2.35. The van der Waals surface area contributed by atoms with E-state index in [0.717, 1.165) is 0 Å². The lowest BCUT2D eigenvalue weighted by atomic mass is 9.98. The van der Waals surface area contributed by atoms with Crippen molar-refractivity contribution in [1.82, 2.24) is 10.6 Å². The van der Waals surface area contributed by atoms with Gasteiger partial charge in [-0.3, -0.25) is 4.79 Å². The van der Waals surface area contributed by atoms with Gasteiger partial charge in [-0.2, -0.15) is 0 Å². The van der Waals surface area contributed by atoms with Gasteiger partial charge in [0.2, 0.25) is 5.91 Å². The first-order valence-electron chi connectivity index (χ1n) is 6.85. The second-order valence-corrected chi connectivity index (χ2v) is 6.03. The summed E-state index contributed by atoms with van der Waals surface area (Å²) in [6.07, 6.45) is -0.327. The number of ether oxygens (including phenoxy) is 2. The molecule has 2 atom stereocenters. The molecule has 0 rings (SSSR count). The minimum Gasteiger partial charge on any atom is -0.467 e. The first kappa shape index (κ1) is 19.2. The largest absolute Gasteiger partial charge is 0.467 e. The molecule has 0 spiro atoms. The Bertz CT molecular complexity index is 403. The zero-order valence-electron chi connectivity index (χ0n) is 13.8.